The average molecular weight is 340 g/mol. The highest BCUT2D eigenvalue weighted by Gasteiger charge is 2.52. The van der Waals surface area contributed by atoms with Crippen LogP contribution in [-0.2, 0) is 4.79 Å². The largest absolute Gasteiger partial charge is 0.336 e. The lowest BCUT2D eigenvalue weighted by Gasteiger charge is -2.27. The maximum Gasteiger partial charge on any atom is 0.336 e. The van der Waals surface area contributed by atoms with E-state index in [0.717, 1.165) is 4.90 Å². The second-order valence-electron chi connectivity index (χ2n) is 5.92. The molecule has 3 rings (SSSR count). The summed E-state index contributed by atoms with van der Waals surface area (Å²) in [5.74, 6) is -0.321. The lowest BCUT2D eigenvalue weighted by atomic mass is 10.0. The van der Waals surface area contributed by atoms with Crippen molar-refractivity contribution in [1.82, 2.24) is 0 Å². The summed E-state index contributed by atoms with van der Waals surface area (Å²) in [7, 11) is 0. The Balaban J connectivity index is 2.04. The van der Waals surface area contributed by atoms with Gasteiger partial charge in [-0.25, -0.2) is 14.5 Å². The van der Waals surface area contributed by atoms with Gasteiger partial charge in [-0.05, 0) is 50.2 Å². The molecule has 0 aliphatic carbocycles. The molecule has 0 aromatic heterocycles. The number of nitrogens with zero attached hydrogens (tertiary/aromatic N) is 3. The molecule has 1 saturated heterocycles. The van der Waals surface area contributed by atoms with E-state index < -0.39 is 11.6 Å². The van der Waals surface area contributed by atoms with Crippen molar-refractivity contribution < 1.29 is 9.59 Å². The standard InChI is InChI=1S/C18H14ClN3O2/c1-18(2)16(23)21(14-10-6-13(20-3)7-11-14)17(24)22(18)15-8-4-12(19)5-9-15/h4-11H,1-2H3. The van der Waals surface area contributed by atoms with E-state index >= 15 is 0 Å². The Morgan fingerprint density at radius 2 is 1.50 bits per heavy atom. The molecule has 0 unspecified atom stereocenters. The van der Waals surface area contributed by atoms with Crippen LogP contribution in [0, 0.1) is 6.57 Å². The Bertz CT molecular complexity index is 851. The van der Waals surface area contributed by atoms with E-state index in [2.05, 4.69) is 4.85 Å². The highest BCUT2D eigenvalue weighted by Crippen LogP contribution is 2.36. The Labute approximate surface area is 144 Å². The Morgan fingerprint density at radius 1 is 0.958 bits per heavy atom. The highest BCUT2D eigenvalue weighted by atomic mass is 35.5. The summed E-state index contributed by atoms with van der Waals surface area (Å²) < 4.78 is 0. The van der Waals surface area contributed by atoms with Gasteiger partial charge < -0.3 is 0 Å². The number of amides is 3. The second-order valence-corrected chi connectivity index (χ2v) is 6.36. The molecular weight excluding hydrogens is 326 g/mol. The quantitative estimate of drug-likeness (QED) is 0.591. The molecule has 6 heteroatoms. The van der Waals surface area contributed by atoms with Crippen molar-refractivity contribution in [3.63, 3.8) is 0 Å². The molecule has 0 saturated carbocycles. The molecule has 0 N–H and O–H groups in total. The van der Waals surface area contributed by atoms with Gasteiger partial charge in [0.2, 0.25) is 0 Å². The molecular formula is C18H14ClN3O2. The molecule has 1 fully saturated rings. The van der Waals surface area contributed by atoms with Crippen LogP contribution in [0.5, 0.6) is 0 Å². The lowest BCUT2D eigenvalue weighted by molar-refractivity contribution is -0.120. The molecule has 0 bridgehead atoms. The first kappa shape index (κ1) is 16.0. The molecule has 1 aliphatic heterocycles. The van der Waals surface area contributed by atoms with Crippen LogP contribution in [0.4, 0.5) is 21.9 Å². The zero-order chi connectivity index (χ0) is 17.5. The van der Waals surface area contributed by atoms with Crippen LogP contribution in [0.15, 0.2) is 48.5 Å². The molecule has 1 aliphatic rings. The topological polar surface area (TPSA) is 45.0 Å². The van der Waals surface area contributed by atoms with Crippen molar-refractivity contribution in [2.75, 3.05) is 9.80 Å². The highest BCUT2D eigenvalue weighted by molar-refractivity contribution is 6.31. The van der Waals surface area contributed by atoms with Crippen LogP contribution >= 0.6 is 11.6 Å². The molecule has 0 atom stereocenters. The zero-order valence-electron chi connectivity index (χ0n) is 13.2. The molecule has 5 nitrogen and oxygen atoms in total. The SMILES string of the molecule is [C-]#[N+]c1ccc(N2C(=O)N(c3ccc(Cl)cc3)C(C)(C)C2=O)cc1. The first-order valence-corrected chi connectivity index (χ1v) is 7.66. The van der Waals surface area contributed by atoms with Crippen LogP contribution in [0.25, 0.3) is 4.85 Å². The predicted octanol–water partition coefficient (Wildman–Crippen LogP) is 4.64. The average Bonchev–Trinajstić information content (AvgIpc) is 2.74. The Hall–Kier alpha value is -2.84. The third-order valence-corrected chi connectivity index (χ3v) is 4.24. The number of hydrogen-bond acceptors (Lipinski definition) is 2. The summed E-state index contributed by atoms with van der Waals surface area (Å²) in [5, 5.41) is 0.557. The molecule has 120 valence electrons. The molecule has 0 spiro atoms. The first-order chi connectivity index (χ1) is 11.4. The summed E-state index contributed by atoms with van der Waals surface area (Å²) in [5.41, 5.74) is 0.472. The normalized spacial score (nSPS) is 16.4. The van der Waals surface area contributed by atoms with Gasteiger partial charge in [-0.1, -0.05) is 23.7 Å². The van der Waals surface area contributed by atoms with Gasteiger partial charge in [-0.15, -0.1) is 0 Å². The molecule has 24 heavy (non-hydrogen) atoms. The van der Waals surface area contributed by atoms with Gasteiger partial charge in [-0.3, -0.25) is 9.69 Å². The number of urea groups is 1. The van der Waals surface area contributed by atoms with Crippen molar-refractivity contribution in [3.05, 3.63) is 65.0 Å². The van der Waals surface area contributed by atoms with E-state index in [1.54, 1.807) is 62.4 Å². The first-order valence-electron chi connectivity index (χ1n) is 7.28. The van der Waals surface area contributed by atoms with Crippen molar-refractivity contribution in [2.24, 2.45) is 0 Å². The third kappa shape index (κ3) is 2.41. The van der Waals surface area contributed by atoms with Crippen LogP contribution in [-0.4, -0.2) is 17.5 Å². The fraction of sp³-hybridized carbons (Fsp3) is 0.167. The number of carbonyl (C=O) groups excluding carboxylic acids is 2. The van der Waals surface area contributed by atoms with Gasteiger partial charge in [0.15, 0.2) is 5.69 Å². The van der Waals surface area contributed by atoms with Crippen molar-refractivity contribution in [2.45, 2.75) is 19.4 Å². The van der Waals surface area contributed by atoms with Crippen molar-refractivity contribution in [1.29, 1.82) is 0 Å². The van der Waals surface area contributed by atoms with E-state index in [9.17, 15) is 9.59 Å². The minimum atomic E-state index is -1.02. The zero-order valence-corrected chi connectivity index (χ0v) is 13.9. The smallest absolute Gasteiger partial charge is 0.279 e. The maximum absolute atomic E-state index is 12.9. The number of halogens is 1. The van der Waals surface area contributed by atoms with Crippen LogP contribution in [0.3, 0.4) is 0 Å². The van der Waals surface area contributed by atoms with Gasteiger partial charge in [0.05, 0.1) is 12.3 Å². The minimum absolute atomic E-state index is 0.321. The maximum atomic E-state index is 12.9. The molecule has 2 aromatic carbocycles. The van der Waals surface area contributed by atoms with Crippen LogP contribution < -0.4 is 9.80 Å². The van der Waals surface area contributed by atoms with E-state index in [0.29, 0.717) is 22.1 Å². The fourth-order valence-corrected chi connectivity index (χ4v) is 2.85. The van der Waals surface area contributed by atoms with Gasteiger partial charge in [0, 0.05) is 10.7 Å². The lowest BCUT2D eigenvalue weighted by Crippen LogP contribution is -2.44. The molecule has 0 radical (unpaired) electrons. The number of rotatable bonds is 2. The number of hydrogen-bond donors (Lipinski definition) is 0. The van der Waals surface area contributed by atoms with Gasteiger partial charge in [0.1, 0.15) is 5.54 Å². The van der Waals surface area contributed by atoms with Crippen molar-refractivity contribution in [3.8, 4) is 0 Å². The molecule has 1 heterocycles. The molecule has 3 amide bonds. The molecule has 2 aromatic rings. The van der Waals surface area contributed by atoms with E-state index in [1.165, 1.54) is 4.90 Å². The summed E-state index contributed by atoms with van der Waals surface area (Å²) in [6.07, 6.45) is 0. The Morgan fingerprint density at radius 3 is 2.04 bits per heavy atom. The monoisotopic (exact) mass is 339 g/mol. The van der Waals surface area contributed by atoms with Crippen molar-refractivity contribution >= 4 is 40.6 Å². The van der Waals surface area contributed by atoms with Gasteiger partial charge in [0.25, 0.3) is 5.91 Å². The minimum Gasteiger partial charge on any atom is -0.279 e. The number of carbonyl (C=O) groups is 2. The van der Waals surface area contributed by atoms with Crippen LogP contribution in [0.1, 0.15) is 13.8 Å². The summed E-state index contributed by atoms with van der Waals surface area (Å²) >= 11 is 5.90. The third-order valence-electron chi connectivity index (χ3n) is 3.99. The van der Waals surface area contributed by atoms with Gasteiger partial charge >= 0.3 is 6.03 Å². The number of benzene rings is 2. The van der Waals surface area contributed by atoms with Gasteiger partial charge in [-0.2, -0.15) is 0 Å². The summed E-state index contributed by atoms with van der Waals surface area (Å²) in [6, 6.07) is 12.7. The Kier molecular flexibility index (Phi) is 3.78. The fourth-order valence-electron chi connectivity index (χ4n) is 2.72. The number of anilines is 2. The van der Waals surface area contributed by atoms with Crippen LogP contribution in [0.2, 0.25) is 5.02 Å². The van der Waals surface area contributed by atoms with E-state index in [1.807, 2.05) is 0 Å². The van der Waals surface area contributed by atoms with E-state index in [-0.39, 0.29) is 5.91 Å². The number of imide groups is 1. The predicted molar refractivity (Wildman–Crippen MR) is 93.6 cm³/mol. The second kappa shape index (κ2) is 5.66. The summed E-state index contributed by atoms with van der Waals surface area (Å²) in [6.45, 7) is 10.4. The van der Waals surface area contributed by atoms with E-state index in [4.69, 9.17) is 18.2 Å². The summed E-state index contributed by atoms with van der Waals surface area (Å²) in [4.78, 5) is 31.6.